The topological polar surface area (TPSA) is 46.5 Å². The second-order valence-electron chi connectivity index (χ2n) is 9.79. The van der Waals surface area contributed by atoms with Crippen LogP contribution >= 0.6 is 0 Å². The number of aryl methyl sites for hydroxylation is 1. The molecule has 0 fully saturated rings. The Bertz CT molecular complexity index is 1480. The molecular weight excluding hydrogens is 410 g/mol. The Morgan fingerprint density at radius 1 is 1.09 bits per heavy atom. The van der Waals surface area contributed by atoms with Crippen LogP contribution in [0.15, 0.2) is 53.3 Å². The number of hydrogen-bond acceptors (Lipinski definition) is 4. The molecule has 33 heavy (non-hydrogen) atoms. The van der Waals surface area contributed by atoms with E-state index < -0.39 is 5.60 Å². The first-order chi connectivity index (χ1) is 15.7. The molecule has 5 rings (SSSR count). The van der Waals surface area contributed by atoms with Crippen molar-refractivity contribution in [3.63, 3.8) is 0 Å². The number of fused-ring (bicyclic) bond motifs is 5. The van der Waals surface area contributed by atoms with E-state index in [1.165, 1.54) is 0 Å². The van der Waals surface area contributed by atoms with Gasteiger partial charge in [-0.25, -0.2) is 0 Å². The highest BCUT2D eigenvalue weighted by molar-refractivity contribution is 6.07. The van der Waals surface area contributed by atoms with E-state index in [1.54, 1.807) is 0 Å². The highest BCUT2D eigenvalue weighted by Crippen LogP contribution is 2.40. The van der Waals surface area contributed by atoms with E-state index in [4.69, 9.17) is 4.74 Å². The summed E-state index contributed by atoms with van der Waals surface area (Å²) in [7, 11) is 6.19. The molecule has 1 N–H and O–H groups in total. The molecule has 1 aliphatic heterocycles. The first kappa shape index (κ1) is 21.5. The Kier molecular flexibility index (Phi) is 5.17. The van der Waals surface area contributed by atoms with Crippen molar-refractivity contribution in [3.05, 3.63) is 64.3 Å². The highest BCUT2D eigenvalue weighted by Gasteiger charge is 2.26. The van der Waals surface area contributed by atoms with Gasteiger partial charge in [-0.2, -0.15) is 0 Å². The van der Waals surface area contributed by atoms with Gasteiger partial charge in [-0.05, 0) is 76.0 Å². The van der Waals surface area contributed by atoms with Crippen LogP contribution in [0.2, 0.25) is 0 Å². The van der Waals surface area contributed by atoms with Gasteiger partial charge >= 0.3 is 0 Å². The molecule has 2 heterocycles. The molecule has 170 valence electrons. The fourth-order valence-corrected chi connectivity index (χ4v) is 4.79. The van der Waals surface area contributed by atoms with E-state index in [0.29, 0.717) is 0 Å². The minimum atomic E-state index is -0.394. The number of pyridine rings is 1. The summed E-state index contributed by atoms with van der Waals surface area (Å²) in [4.78, 5) is 16.1. The molecular formula is C28H31N3O2. The van der Waals surface area contributed by atoms with Gasteiger partial charge in [-0.3, -0.25) is 4.79 Å². The molecule has 0 amide bonds. The van der Waals surface area contributed by atoms with Crippen LogP contribution in [0.1, 0.15) is 25.8 Å². The predicted molar refractivity (Wildman–Crippen MR) is 140 cm³/mol. The average molecular weight is 442 g/mol. The molecule has 1 aromatic heterocycles. The van der Waals surface area contributed by atoms with Gasteiger partial charge in [0.25, 0.3) is 0 Å². The van der Waals surface area contributed by atoms with Crippen molar-refractivity contribution < 1.29 is 4.74 Å². The largest absolute Gasteiger partial charge is 0.483 e. The highest BCUT2D eigenvalue weighted by atomic mass is 16.5. The monoisotopic (exact) mass is 441 g/mol. The Balaban J connectivity index is 1.81. The smallest absolute Gasteiger partial charge is 0.199 e. The van der Waals surface area contributed by atoms with Gasteiger partial charge in [-0.1, -0.05) is 24.3 Å². The van der Waals surface area contributed by atoms with Crippen molar-refractivity contribution in [2.75, 3.05) is 32.5 Å². The van der Waals surface area contributed by atoms with Crippen molar-refractivity contribution in [3.8, 4) is 5.75 Å². The lowest BCUT2D eigenvalue weighted by molar-refractivity contribution is 0.159. The molecule has 0 radical (unpaired) electrons. The molecule has 0 bridgehead atoms. The number of benzene rings is 3. The third-order valence-electron chi connectivity index (χ3n) is 6.46. The predicted octanol–water partition coefficient (Wildman–Crippen LogP) is 5.39. The summed E-state index contributed by atoms with van der Waals surface area (Å²) in [5, 5.41) is 7.20. The number of anilines is 1. The van der Waals surface area contributed by atoms with Crippen molar-refractivity contribution in [2.24, 2.45) is 7.05 Å². The number of hydrogen-bond donors (Lipinski definition) is 1. The Morgan fingerprint density at radius 3 is 2.55 bits per heavy atom. The van der Waals surface area contributed by atoms with Gasteiger partial charge < -0.3 is 19.5 Å². The van der Waals surface area contributed by atoms with E-state index in [-0.39, 0.29) is 5.43 Å². The average Bonchev–Trinajstić information content (AvgIpc) is 2.77. The van der Waals surface area contributed by atoms with Gasteiger partial charge in [0, 0.05) is 30.6 Å². The van der Waals surface area contributed by atoms with Crippen LogP contribution in [0, 0.1) is 0 Å². The van der Waals surface area contributed by atoms with Gasteiger partial charge in [0.05, 0.1) is 22.1 Å². The lowest BCUT2D eigenvalue weighted by Gasteiger charge is -2.30. The summed E-state index contributed by atoms with van der Waals surface area (Å²) in [6.45, 7) is 5.86. The van der Waals surface area contributed by atoms with Gasteiger partial charge in [0.1, 0.15) is 11.4 Å². The Labute approximate surface area is 194 Å². The molecule has 4 aromatic rings. The van der Waals surface area contributed by atoms with E-state index in [1.807, 2.05) is 45.2 Å². The van der Waals surface area contributed by atoms with Crippen LogP contribution in [-0.4, -0.2) is 42.3 Å². The molecule has 5 heteroatoms. The lowest BCUT2D eigenvalue weighted by Crippen LogP contribution is -2.28. The molecule has 3 aromatic carbocycles. The normalized spacial score (nSPS) is 14.7. The number of rotatable bonds is 5. The van der Waals surface area contributed by atoms with E-state index >= 15 is 0 Å². The van der Waals surface area contributed by atoms with Crippen LogP contribution in [0.3, 0.4) is 0 Å². The molecule has 0 spiro atoms. The lowest BCUT2D eigenvalue weighted by atomic mass is 9.96. The second kappa shape index (κ2) is 7.92. The van der Waals surface area contributed by atoms with Crippen molar-refractivity contribution >= 4 is 44.3 Å². The molecule has 5 nitrogen and oxygen atoms in total. The fraction of sp³-hybridized carbons (Fsp3) is 0.321. The third kappa shape index (κ3) is 3.76. The number of aromatic nitrogens is 1. The van der Waals surface area contributed by atoms with Crippen molar-refractivity contribution in [2.45, 2.75) is 25.9 Å². The standard InChI is InChI=1S/C28H31N3O2/c1-28(2)12-11-20-24(33-28)17-22(29-13-8-14-30(3)4)25-26(20)31(5)23-16-19-10-7-6-9-18(19)15-21(23)27(25)32/h6-7,9-12,15-17,29H,8,13-14H2,1-5H3. The van der Waals surface area contributed by atoms with Crippen molar-refractivity contribution in [1.29, 1.82) is 0 Å². The van der Waals surface area contributed by atoms with E-state index in [9.17, 15) is 4.79 Å². The summed E-state index contributed by atoms with van der Waals surface area (Å²) >= 11 is 0. The zero-order valence-electron chi connectivity index (χ0n) is 20.0. The minimum absolute atomic E-state index is 0.0556. The molecule has 1 aliphatic rings. The summed E-state index contributed by atoms with van der Waals surface area (Å²) in [5.74, 6) is 0.806. The second-order valence-corrected chi connectivity index (χ2v) is 9.79. The number of nitrogens with one attached hydrogen (secondary N) is 1. The van der Waals surface area contributed by atoms with Gasteiger partial charge in [0.15, 0.2) is 5.43 Å². The molecule has 0 atom stereocenters. The summed E-state index contributed by atoms with van der Waals surface area (Å²) < 4.78 is 8.49. The van der Waals surface area contributed by atoms with Crippen LogP contribution in [0.5, 0.6) is 5.75 Å². The first-order valence-corrected chi connectivity index (χ1v) is 11.5. The maximum absolute atomic E-state index is 13.9. The van der Waals surface area contributed by atoms with E-state index in [2.05, 4.69) is 59.2 Å². The van der Waals surface area contributed by atoms with Crippen molar-refractivity contribution in [1.82, 2.24) is 9.47 Å². The fourth-order valence-electron chi connectivity index (χ4n) is 4.79. The van der Waals surface area contributed by atoms with E-state index in [0.717, 1.165) is 69.1 Å². The number of nitrogens with zero attached hydrogens (tertiary/aromatic N) is 2. The van der Waals surface area contributed by atoms with Gasteiger partial charge in [-0.15, -0.1) is 0 Å². The summed E-state index contributed by atoms with van der Waals surface area (Å²) in [6.07, 6.45) is 5.15. The summed E-state index contributed by atoms with van der Waals surface area (Å²) in [6, 6.07) is 14.3. The zero-order valence-corrected chi connectivity index (χ0v) is 20.0. The number of ether oxygens (including phenoxy) is 1. The molecule has 0 unspecified atom stereocenters. The zero-order chi connectivity index (χ0) is 23.3. The first-order valence-electron chi connectivity index (χ1n) is 11.5. The van der Waals surface area contributed by atoms with Crippen LogP contribution in [0.25, 0.3) is 38.7 Å². The minimum Gasteiger partial charge on any atom is -0.483 e. The molecule has 0 saturated heterocycles. The van der Waals surface area contributed by atoms with Crippen LogP contribution in [-0.2, 0) is 7.05 Å². The maximum atomic E-state index is 13.9. The maximum Gasteiger partial charge on any atom is 0.199 e. The summed E-state index contributed by atoms with van der Waals surface area (Å²) in [5.41, 5.74) is 3.29. The Hall–Kier alpha value is -3.31. The SMILES string of the molecule is CN(C)CCCNc1cc2c(c3c1c(=O)c1cc4ccccc4cc1n3C)C=CC(C)(C)O2. The van der Waals surface area contributed by atoms with Gasteiger partial charge in [0.2, 0.25) is 0 Å². The molecule has 0 saturated carbocycles. The molecule has 0 aliphatic carbocycles. The van der Waals surface area contributed by atoms with Crippen LogP contribution < -0.4 is 15.5 Å². The van der Waals surface area contributed by atoms with Crippen LogP contribution in [0.4, 0.5) is 5.69 Å². The Morgan fingerprint density at radius 2 is 1.82 bits per heavy atom. The quantitative estimate of drug-likeness (QED) is 0.333. The third-order valence-corrected chi connectivity index (χ3v) is 6.46.